The quantitative estimate of drug-likeness (QED) is 0.380. The summed E-state index contributed by atoms with van der Waals surface area (Å²) in [4.78, 5) is 11.0. The van der Waals surface area contributed by atoms with Crippen LogP contribution in [0, 0.1) is 0 Å². The molecule has 0 atom stereocenters. The van der Waals surface area contributed by atoms with Crippen molar-refractivity contribution in [3.05, 3.63) is 58.2 Å². The van der Waals surface area contributed by atoms with Gasteiger partial charge < -0.3 is 24.8 Å². The molecule has 7 nitrogen and oxygen atoms in total. The average Bonchev–Trinajstić information content (AvgIpc) is 2.80. The third kappa shape index (κ3) is 5.74. The maximum Gasteiger partial charge on any atom is 0.263 e. The summed E-state index contributed by atoms with van der Waals surface area (Å²) in [5.74, 6) is 1.19. The molecule has 0 saturated carbocycles. The van der Waals surface area contributed by atoms with E-state index in [-0.39, 0.29) is 22.4 Å². The molecule has 0 unspecified atom stereocenters. The zero-order valence-corrected chi connectivity index (χ0v) is 21.6. The van der Waals surface area contributed by atoms with Crippen molar-refractivity contribution in [1.82, 2.24) is 14.9 Å². The first-order valence-corrected chi connectivity index (χ1v) is 14.0. The van der Waals surface area contributed by atoms with E-state index in [2.05, 4.69) is 32.5 Å². The van der Waals surface area contributed by atoms with Crippen LogP contribution >= 0.6 is 18.7 Å². The van der Waals surface area contributed by atoms with Crippen molar-refractivity contribution in [1.29, 1.82) is 0 Å². The summed E-state index contributed by atoms with van der Waals surface area (Å²) in [5.41, 5.74) is 3.34. The smallest absolute Gasteiger partial charge is 0.263 e. The van der Waals surface area contributed by atoms with E-state index in [1.165, 1.54) is 48.9 Å². The summed E-state index contributed by atoms with van der Waals surface area (Å²) in [5, 5.41) is 6.75. The molecule has 2 aromatic carbocycles. The van der Waals surface area contributed by atoms with E-state index in [0.29, 0.717) is 22.4 Å². The highest BCUT2D eigenvalue weighted by molar-refractivity contribution is 7.70. The summed E-state index contributed by atoms with van der Waals surface area (Å²) in [6, 6.07) is 8.06. The van der Waals surface area contributed by atoms with Gasteiger partial charge in [-0.25, -0.2) is 13.8 Å². The van der Waals surface area contributed by atoms with Crippen LogP contribution in [0.4, 0.5) is 31.9 Å². The number of hydrogen-bond acceptors (Lipinski definition) is 7. The predicted molar refractivity (Wildman–Crippen MR) is 137 cm³/mol. The fraction of sp³-hybridized carbons (Fsp3) is 0.333. The zero-order chi connectivity index (χ0) is 25.3. The van der Waals surface area contributed by atoms with E-state index in [4.69, 9.17) is 16.3 Å². The van der Waals surface area contributed by atoms with Gasteiger partial charge in [0.2, 0.25) is 5.95 Å². The van der Waals surface area contributed by atoms with Crippen LogP contribution in [-0.4, -0.2) is 48.9 Å². The lowest BCUT2D eigenvalue weighted by Gasteiger charge is -2.26. The molecule has 0 fully saturated rings. The van der Waals surface area contributed by atoms with Crippen LogP contribution in [0.3, 0.4) is 0 Å². The molecule has 0 aliphatic carbocycles. The Morgan fingerprint density at radius 2 is 1.91 bits per heavy atom. The molecule has 1 aliphatic rings. The van der Waals surface area contributed by atoms with E-state index in [1.807, 2.05) is 12.1 Å². The fourth-order valence-electron chi connectivity index (χ4n) is 3.99. The van der Waals surface area contributed by atoms with Gasteiger partial charge in [0.05, 0.1) is 24.7 Å². The van der Waals surface area contributed by atoms with Crippen molar-refractivity contribution in [3.63, 3.8) is 0 Å². The highest BCUT2D eigenvalue weighted by atomic mass is 35.5. The van der Waals surface area contributed by atoms with E-state index >= 15 is 0 Å². The van der Waals surface area contributed by atoms with Gasteiger partial charge in [-0.2, -0.15) is 4.98 Å². The standard InChI is InChI=1S/C24H27ClF2N5O2P/c1-32-8-7-14-10-20(34-2)19(9-16(14)13-32)30-24-28-12-17(25)23(31-24)29-18-6-5-15(22(26)27)11-21(18)35(3,4)33/h5-6,9-12,22H,7-8,13H2,1-4H3,(H2,28,29,30,31). The van der Waals surface area contributed by atoms with Gasteiger partial charge in [-0.3, -0.25) is 0 Å². The zero-order valence-electron chi connectivity index (χ0n) is 19.9. The Balaban J connectivity index is 1.66. The van der Waals surface area contributed by atoms with Gasteiger partial charge in [0.15, 0.2) is 5.82 Å². The number of ether oxygens (including phenoxy) is 1. The molecule has 3 aromatic rings. The number of nitrogens with one attached hydrogen (secondary N) is 2. The number of hydrogen-bond donors (Lipinski definition) is 2. The minimum Gasteiger partial charge on any atom is -0.495 e. The van der Waals surface area contributed by atoms with Crippen molar-refractivity contribution >= 4 is 47.2 Å². The number of halogens is 3. The molecule has 0 bridgehead atoms. The molecular weight excluding hydrogens is 495 g/mol. The molecule has 35 heavy (non-hydrogen) atoms. The first-order chi connectivity index (χ1) is 16.5. The van der Waals surface area contributed by atoms with Crippen molar-refractivity contribution < 1.29 is 18.1 Å². The van der Waals surface area contributed by atoms with E-state index in [0.717, 1.165) is 19.5 Å². The van der Waals surface area contributed by atoms with Gasteiger partial charge in [-0.1, -0.05) is 17.7 Å². The number of rotatable bonds is 7. The Morgan fingerprint density at radius 3 is 2.60 bits per heavy atom. The second kappa shape index (κ2) is 10.1. The Bertz CT molecular complexity index is 1300. The molecule has 2 heterocycles. The van der Waals surface area contributed by atoms with Crippen molar-refractivity contribution in [2.45, 2.75) is 19.4 Å². The highest BCUT2D eigenvalue weighted by Crippen LogP contribution is 2.40. The molecule has 0 saturated heterocycles. The molecule has 0 amide bonds. The van der Waals surface area contributed by atoms with Gasteiger partial charge in [0, 0.05) is 24.0 Å². The monoisotopic (exact) mass is 521 g/mol. The Kier molecular flexibility index (Phi) is 7.31. The van der Waals surface area contributed by atoms with Crippen molar-refractivity contribution in [2.24, 2.45) is 0 Å². The summed E-state index contributed by atoms with van der Waals surface area (Å²) >= 11 is 6.33. The molecule has 0 radical (unpaired) electrons. The summed E-state index contributed by atoms with van der Waals surface area (Å²) < 4.78 is 44.9. The van der Waals surface area contributed by atoms with Crippen LogP contribution in [0.5, 0.6) is 5.75 Å². The van der Waals surface area contributed by atoms with Crippen LogP contribution in [-0.2, 0) is 17.5 Å². The summed E-state index contributed by atoms with van der Waals surface area (Å²) in [6.45, 7) is 4.86. The van der Waals surface area contributed by atoms with Crippen LogP contribution in [0.2, 0.25) is 5.02 Å². The molecular formula is C24H27ClF2N5O2P. The molecule has 11 heteroatoms. The number of benzene rings is 2. The number of likely N-dealkylation sites (N-methyl/N-ethyl adjacent to an activating group) is 1. The molecule has 0 spiro atoms. The minimum atomic E-state index is -2.89. The molecule has 2 N–H and O–H groups in total. The molecule has 1 aromatic heterocycles. The molecule has 4 rings (SSSR count). The van der Waals surface area contributed by atoms with Crippen LogP contribution in [0.1, 0.15) is 23.1 Å². The normalized spacial score (nSPS) is 14.1. The largest absolute Gasteiger partial charge is 0.495 e. The fourth-order valence-corrected chi connectivity index (χ4v) is 5.30. The Labute approximate surface area is 208 Å². The van der Waals surface area contributed by atoms with Gasteiger partial charge >= 0.3 is 0 Å². The number of nitrogens with zero attached hydrogens (tertiary/aromatic N) is 3. The molecule has 186 valence electrons. The van der Waals surface area contributed by atoms with Crippen LogP contribution < -0.4 is 20.7 Å². The number of anilines is 4. The van der Waals surface area contributed by atoms with Gasteiger partial charge in [0.25, 0.3) is 6.43 Å². The van der Waals surface area contributed by atoms with E-state index < -0.39 is 13.6 Å². The number of aromatic nitrogens is 2. The summed E-state index contributed by atoms with van der Waals surface area (Å²) in [6.07, 6.45) is -0.290. The van der Waals surface area contributed by atoms with Crippen LogP contribution in [0.25, 0.3) is 0 Å². The maximum atomic E-state index is 13.2. The van der Waals surface area contributed by atoms with Crippen LogP contribution in [0.15, 0.2) is 36.5 Å². The average molecular weight is 522 g/mol. The summed E-state index contributed by atoms with van der Waals surface area (Å²) in [7, 11) is 0.798. The SMILES string of the molecule is COc1cc2c(cc1Nc1ncc(Cl)c(Nc3ccc(C(F)F)cc3P(C)(C)=O)n1)CN(C)CC2. The van der Waals surface area contributed by atoms with Gasteiger partial charge in [-0.05, 0) is 62.2 Å². The minimum absolute atomic E-state index is 0.198. The number of alkyl halides is 2. The lowest BCUT2D eigenvalue weighted by Crippen LogP contribution is -2.26. The first kappa shape index (κ1) is 25.4. The third-order valence-electron chi connectivity index (χ3n) is 5.82. The lowest BCUT2D eigenvalue weighted by atomic mass is 9.99. The Morgan fingerprint density at radius 1 is 1.14 bits per heavy atom. The second-order valence-corrected chi connectivity index (χ2v) is 12.5. The van der Waals surface area contributed by atoms with Gasteiger partial charge in [0.1, 0.15) is 17.9 Å². The predicted octanol–water partition coefficient (Wildman–Crippen LogP) is 5.80. The first-order valence-electron chi connectivity index (χ1n) is 11.0. The maximum absolute atomic E-state index is 13.2. The topological polar surface area (TPSA) is 79.4 Å². The van der Waals surface area contributed by atoms with Crippen molar-refractivity contribution in [2.75, 3.05) is 44.7 Å². The second-order valence-electron chi connectivity index (χ2n) is 8.88. The van der Waals surface area contributed by atoms with E-state index in [1.54, 1.807) is 7.11 Å². The van der Waals surface area contributed by atoms with Crippen molar-refractivity contribution in [3.8, 4) is 5.75 Å². The number of fused-ring (bicyclic) bond motifs is 1. The molecule has 1 aliphatic heterocycles. The van der Waals surface area contributed by atoms with E-state index in [9.17, 15) is 13.3 Å². The Hall–Kier alpha value is -2.74. The highest BCUT2D eigenvalue weighted by Gasteiger charge is 2.21. The lowest BCUT2D eigenvalue weighted by molar-refractivity contribution is 0.151. The number of methoxy groups -OCH3 is 1. The van der Waals surface area contributed by atoms with Gasteiger partial charge in [-0.15, -0.1) is 0 Å². The third-order valence-corrected chi connectivity index (χ3v) is 7.63.